The van der Waals surface area contributed by atoms with Gasteiger partial charge in [-0.25, -0.2) is 9.67 Å². The number of aryl methyl sites for hydroxylation is 1. The number of carbonyl (C=O) groups is 2. The van der Waals surface area contributed by atoms with Crippen LogP contribution in [0, 0.1) is 24.2 Å². The van der Waals surface area contributed by atoms with Crippen LogP contribution in [0.15, 0.2) is 48.9 Å². The Kier molecular flexibility index (Phi) is 8.77. The maximum absolute atomic E-state index is 14.4. The summed E-state index contributed by atoms with van der Waals surface area (Å²) in [4.78, 5) is 32.5. The first-order valence-corrected chi connectivity index (χ1v) is 16.8. The lowest BCUT2D eigenvalue weighted by atomic mass is 9.51. The lowest BCUT2D eigenvalue weighted by Gasteiger charge is -2.55. The SMILES string of the molecule is COc1ccc(C23CCC(CN(c4cc(-n5cc(C(C)C)cn5)ccn4)C(=O)[C@H]4CC[C@H](CC(=O)O)CC4)(CC2)CC3)cc1C. The monoisotopic (exact) mass is 612 g/mol. The lowest BCUT2D eigenvalue weighted by Crippen LogP contribution is -2.52. The van der Waals surface area contributed by atoms with Gasteiger partial charge in [-0.3, -0.25) is 14.5 Å². The minimum Gasteiger partial charge on any atom is -0.496 e. The minimum atomic E-state index is -0.749. The zero-order valence-corrected chi connectivity index (χ0v) is 27.3. The summed E-state index contributed by atoms with van der Waals surface area (Å²) in [5.74, 6) is 1.44. The van der Waals surface area contributed by atoms with Crippen LogP contribution >= 0.6 is 0 Å². The summed E-state index contributed by atoms with van der Waals surface area (Å²) in [6.07, 6.45) is 15.6. The summed E-state index contributed by atoms with van der Waals surface area (Å²) in [5, 5.41) is 13.9. The molecule has 1 amide bonds. The summed E-state index contributed by atoms with van der Waals surface area (Å²) in [7, 11) is 1.73. The van der Waals surface area contributed by atoms with E-state index in [9.17, 15) is 14.7 Å². The molecule has 2 bridgehead atoms. The van der Waals surface area contributed by atoms with E-state index in [2.05, 4.69) is 50.3 Å². The molecule has 1 N–H and O–H groups in total. The van der Waals surface area contributed by atoms with Gasteiger partial charge in [-0.1, -0.05) is 26.0 Å². The van der Waals surface area contributed by atoms with E-state index in [1.54, 1.807) is 13.3 Å². The standard InChI is InChI=1S/C37H48N4O4/c1-25(2)29-22-39-41(23-29)31-11-18-38-33(21-31)40(35(44)28-7-5-27(6-8-28)20-34(42)43)24-36-12-15-37(16-13-36,17-14-36)30-9-10-32(45-4)26(3)19-30/h9-11,18-19,21-23,25,27-28H,5-8,12-17,20,24H2,1-4H3,(H,42,43)/t27-,28-,36?,37?. The highest BCUT2D eigenvalue weighted by Gasteiger charge is 2.51. The second-order valence-corrected chi connectivity index (χ2v) is 14.4. The van der Waals surface area contributed by atoms with E-state index >= 15 is 0 Å². The molecule has 7 rings (SSSR count). The van der Waals surface area contributed by atoms with Crippen molar-refractivity contribution in [1.82, 2.24) is 14.8 Å². The first kappa shape index (κ1) is 31.3. The number of amides is 1. The summed E-state index contributed by atoms with van der Waals surface area (Å²) in [5.41, 5.74) is 4.93. The Morgan fingerprint density at radius 3 is 2.36 bits per heavy atom. The molecule has 4 saturated carbocycles. The van der Waals surface area contributed by atoms with Gasteiger partial charge in [0.25, 0.3) is 0 Å². The molecule has 240 valence electrons. The third kappa shape index (κ3) is 6.38. The molecule has 0 radical (unpaired) electrons. The highest BCUT2D eigenvalue weighted by atomic mass is 16.5. The average molecular weight is 613 g/mol. The molecule has 4 fully saturated rings. The quantitative estimate of drug-likeness (QED) is 0.253. The van der Waals surface area contributed by atoms with E-state index in [1.807, 2.05) is 27.9 Å². The molecule has 3 aromatic rings. The van der Waals surface area contributed by atoms with E-state index in [4.69, 9.17) is 9.72 Å². The second kappa shape index (κ2) is 12.6. The molecule has 8 nitrogen and oxygen atoms in total. The summed E-state index contributed by atoms with van der Waals surface area (Å²) >= 11 is 0. The third-order valence-electron chi connectivity index (χ3n) is 11.4. The third-order valence-corrected chi connectivity index (χ3v) is 11.4. The van der Waals surface area contributed by atoms with Crippen LogP contribution in [-0.2, 0) is 15.0 Å². The number of anilines is 1. The van der Waals surface area contributed by atoms with Crippen molar-refractivity contribution in [2.24, 2.45) is 17.3 Å². The minimum absolute atomic E-state index is 0.0631. The number of benzene rings is 1. The number of methoxy groups -OCH3 is 1. The summed E-state index contributed by atoms with van der Waals surface area (Å²) in [6, 6.07) is 10.7. The van der Waals surface area contributed by atoms with Crippen LogP contribution in [0.4, 0.5) is 5.82 Å². The van der Waals surface area contributed by atoms with Crippen LogP contribution in [0.5, 0.6) is 5.75 Å². The predicted octanol–water partition coefficient (Wildman–Crippen LogP) is 7.61. The fraction of sp³-hybridized carbons (Fsp3) is 0.568. The van der Waals surface area contributed by atoms with Gasteiger partial charge < -0.3 is 9.84 Å². The Bertz CT molecular complexity index is 1510. The van der Waals surface area contributed by atoms with Gasteiger partial charge in [0.1, 0.15) is 11.6 Å². The average Bonchev–Trinajstić information content (AvgIpc) is 3.56. The maximum Gasteiger partial charge on any atom is 0.303 e. The van der Waals surface area contributed by atoms with Gasteiger partial charge >= 0.3 is 5.97 Å². The zero-order chi connectivity index (χ0) is 31.8. The van der Waals surface area contributed by atoms with Crippen molar-refractivity contribution >= 4 is 17.7 Å². The normalized spacial score (nSPS) is 26.2. The van der Waals surface area contributed by atoms with Crippen molar-refractivity contribution in [2.45, 2.75) is 103 Å². The number of carboxylic acid groups (broad SMARTS) is 1. The zero-order valence-electron chi connectivity index (χ0n) is 27.3. The molecule has 0 saturated heterocycles. The van der Waals surface area contributed by atoms with Crippen molar-refractivity contribution in [3.8, 4) is 11.4 Å². The van der Waals surface area contributed by atoms with E-state index in [1.165, 1.54) is 16.7 Å². The van der Waals surface area contributed by atoms with Crippen molar-refractivity contribution in [3.63, 3.8) is 0 Å². The Morgan fingerprint density at radius 1 is 1.04 bits per heavy atom. The first-order valence-electron chi connectivity index (χ1n) is 16.8. The van der Waals surface area contributed by atoms with Crippen LogP contribution < -0.4 is 9.64 Å². The molecule has 0 aliphatic heterocycles. The number of carbonyl (C=O) groups excluding carboxylic acids is 1. The number of rotatable bonds is 10. The second-order valence-electron chi connectivity index (χ2n) is 14.4. The number of aromatic nitrogens is 3. The van der Waals surface area contributed by atoms with Gasteiger partial charge in [-0.15, -0.1) is 0 Å². The topological polar surface area (TPSA) is 97.5 Å². The molecule has 4 aliphatic rings. The molecule has 2 aromatic heterocycles. The Labute approximate surface area is 267 Å². The fourth-order valence-electron chi connectivity index (χ4n) is 8.30. The number of pyridine rings is 1. The van der Waals surface area contributed by atoms with Crippen molar-refractivity contribution in [2.75, 3.05) is 18.6 Å². The van der Waals surface area contributed by atoms with E-state index in [0.717, 1.165) is 75.6 Å². The van der Waals surface area contributed by atoms with Gasteiger partial charge in [-0.2, -0.15) is 5.10 Å². The number of ether oxygens (including phenoxy) is 1. The van der Waals surface area contributed by atoms with Crippen molar-refractivity contribution < 1.29 is 19.4 Å². The van der Waals surface area contributed by atoms with Crippen LogP contribution in [-0.4, -0.2) is 45.4 Å². The number of aliphatic carboxylic acids is 1. The molecule has 0 unspecified atom stereocenters. The highest BCUT2D eigenvalue weighted by molar-refractivity contribution is 5.94. The van der Waals surface area contributed by atoms with Crippen LogP contribution in [0.3, 0.4) is 0 Å². The Balaban J connectivity index is 1.25. The molecule has 0 atom stereocenters. The molecule has 1 aromatic carbocycles. The van der Waals surface area contributed by atoms with Crippen LogP contribution in [0.1, 0.15) is 107 Å². The Morgan fingerprint density at radius 2 is 1.76 bits per heavy atom. The Hall–Kier alpha value is -3.68. The number of carboxylic acids is 1. The fourth-order valence-corrected chi connectivity index (χ4v) is 8.30. The highest BCUT2D eigenvalue weighted by Crippen LogP contribution is 2.58. The molecule has 2 heterocycles. The molecule has 0 spiro atoms. The van der Waals surface area contributed by atoms with Gasteiger partial charge in [-0.05, 0) is 123 Å². The number of nitrogens with zero attached hydrogens (tertiary/aromatic N) is 4. The lowest BCUT2D eigenvalue weighted by molar-refractivity contribution is -0.138. The molecular formula is C37H48N4O4. The van der Waals surface area contributed by atoms with Crippen molar-refractivity contribution in [3.05, 3.63) is 65.6 Å². The van der Waals surface area contributed by atoms with E-state index < -0.39 is 5.97 Å². The van der Waals surface area contributed by atoms with Gasteiger partial charge in [0.15, 0.2) is 0 Å². The van der Waals surface area contributed by atoms with Gasteiger partial charge in [0.2, 0.25) is 5.91 Å². The number of hydrogen-bond acceptors (Lipinski definition) is 5. The van der Waals surface area contributed by atoms with E-state index in [0.29, 0.717) is 18.3 Å². The van der Waals surface area contributed by atoms with Crippen LogP contribution in [0.2, 0.25) is 0 Å². The first-order chi connectivity index (χ1) is 21.6. The smallest absolute Gasteiger partial charge is 0.303 e. The van der Waals surface area contributed by atoms with Crippen molar-refractivity contribution in [1.29, 1.82) is 0 Å². The maximum atomic E-state index is 14.4. The molecule has 8 heteroatoms. The summed E-state index contributed by atoms with van der Waals surface area (Å²) < 4.78 is 7.41. The molecule has 45 heavy (non-hydrogen) atoms. The predicted molar refractivity (Wildman–Crippen MR) is 175 cm³/mol. The van der Waals surface area contributed by atoms with Gasteiger partial charge in [0.05, 0.1) is 19.0 Å². The van der Waals surface area contributed by atoms with E-state index in [-0.39, 0.29) is 35.0 Å². The molecular weight excluding hydrogens is 564 g/mol. The number of fused-ring (bicyclic) bond motifs is 3. The molecule has 4 aliphatic carbocycles. The largest absolute Gasteiger partial charge is 0.496 e. The number of hydrogen-bond donors (Lipinski definition) is 1. The van der Waals surface area contributed by atoms with Crippen LogP contribution in [0.25, 0.3) is 5.69 Å². The van der Waals surface area contributed by atoms with Gasteiger partial charge in [0, 0.05) is 37.3 Å². The summed E-state index contributed by atoms with van der Waals surface area (Å²) in [6.45, 7) is 7.11.